The minimum absolute atomic E-state index is 0.00231. The number of amides is 2. The average Bonchev–Trinajstić information content (AvgIpc) is 0.753. The number of alkyl halides is 6. The summed E-state index contributed by atoms with van der Waals surface area (Å²) in [6.07, 6.45) is -6.85. The zero-order chi connectivity index (χ0) is 68.7. The van der Waals surface area contributed by atoms with Gasteiger partial charge in [-0.3, -0.25) is 33.2 Å². The number of sulfonamides is 2. The molecule has 0 radical (unpaired) electrons. The van der Waals surface area contributed by atoms with Crippen LogP contribution in [-0.4, -0.2) is 157 Å². The van der Waals surface area contributed by atoms with Gasteiger partial charge in [-0.2, -0.15) is 26.3 Å². The van der Waals surface area contributed by atoms with Gasteiger partial charge in [0, 0.05) is 26.2 Å². The van der Waals surface area contributed by atoms with Crippen LogP contribution in [0.3, 0.4) is 0 Å². The van der Waals surface area contributed by atoms with Gasteiger partial charge in [0.05, 0.1) is 87.6 Å². The van der Waals surface area contributed by atoms with E-state index in [4.69, 9.17) is 23.8 Å². The predicted octanol–water partition coefficient (Wildman–Crippen LogP) is 12.2. The van der Waals surface area contributed by atoms with Crippen molar-refractivity contribution in [2.45, 2.75) is 57.7 Å². The van der Waals surface area contributed by atoms with E-state index in [2.05, 4.69) is 0 Å². The quantitative estimate of drug-likeness (QED) is 0.0246. The number of carbonyl (C=O) groups is 2. The van der Waals surface area contributed by atoms with Crippen LogP contribution in [0.5, 0.6) is 23.0 Å². The summed E-state index contributed by atoms with van der Waals surface area (Å²) in [5.41, 5.74) is 0.0293. The summed E-state index contributed by atoms with van der Waals surface area (Å²) < 4.78 is 155. The lowest BCUT2D eigenvalue weighted by Gasteiger charge is -2.43. The lowest BCUT2D eigenvalue weighted by molar-refractivity contribution is -0.230. The molecule has 2 fully saturated rings. The molecular weight excluding hydrogens is 1280 g/mol. The fourth-order valence-corrected chi connectivity index (χ4v) is 12.7. The van der Waals surface area contributed by atoms with Crippen molar-refractivity contribution in [3.8, 4) is 23.0 Å². The molecule has 0 saturated carbocycles. The van der Waals surface area contributed by atoms with Gasteiger partial charge in [-0.05, 0) is 126 Å². The maximum atomic E-state index is 15.3. The molecule has 26 heteroatoms. The smallest absolute Gasteiger partial charge is 0.416 e. The third-order valence-corrected chi connectivity index (χ3v) is 17.8. The van der Waals surface area contributed by atoms with E-state index >= 15 is 4.79 Å². The highest BCUT2D eigenvalue weighted by atomic mass is 32.2. The Balaban J connectivity index is 0.000000264. The first-order chi connectivity index (χ1) is 45.0. The summed E-state index contributed by atoms with van der Waals surface area (Å²) in [5.74, 6) is -0.164. The fourth-order valence-electron chi connectivity index (χ4n) is 10.8. The van der Waals surface area contributed by atoms with Gasteiger partial charge in [0.15, 0.2) is 5.60 Å². The highest BCUT2D eigenvalue weighted by Gasteiger charge is 2.45. The molecule has 2 aliphatic rings. The van der Waals surface area contributed by atoms with Crippen LogP contribution >= 0.6 is 0 Å². The molecule has 0 aliphatic carbocycles. The Morgan fingerprint density at radius 3 is 1.05 bits per heavy atom. The monoisotopic (exact) mass is 1360 g/mol. The van der Waals surface area contributed by atoms with Gasteiger partial charge < -0.3 is 18.9 Å². The molecule has 0 bridgehead atoms. The van der Waals surface area contributed by atoms with E-state index in [1.807, 2.05) is 124 Å². The zero-order valence-electron chi connectivity index (χ0n) is 53.4. The van der Waals surface area contributed by atoms with Crippen molar-refractivity contribution >= 4 is 43.2 Å². The molecule has 9 rings (SSSR count). The van der Waals surface area contributed by atoms with Crippen molar-refractivity contribution in [3.05, 3.63) is 216 Å². The standard InChI is InChI=1S/C44H46F3N3O6S.C25H32F3N3O6S/c1-33(2)31-49(56-43(34-13-7-4-8-14-34,35-15-9-5-10-16-35)36-17-11-6-12-18-36)42(51)41(48-27-29-54-30-28-48)32-50(57(3,52)53)38-21-25-40(26-22-38)55-39-23-19-37(20-24-39)44(45,46)47;1-18(2)16-30(33)24(32)23(29-12-14-36-15-13-29)17-31(38(3,34)35)20-6-10-22(11-7-20)37-21-8-4-19(5-9-21)25(26,27)28/h4-26,33,41H,27-32H2,1-3H3;4-11,18,23,33H,12-17H2,1-3H3/t41-;23-/m00/s1. The van der Waals surface area contributed by atoms with Crippen LogP contribution in [0, 0.1) is 11.8 Å². The molecule has 1 N–H and O–H groups in total. The molecule has 2 saturated heterocycles. The van der Waals surface area contributed by atoms with Gasteiger partial charge >= 0.3 is 12.4 Å². The van der Waals surface area contributed by atoms with Crippen LogP contribution in [0.25, 0.3) is 0 Å². The Kier molecular flexibility index (Phi) is 24.6. The number of carbonyl (C=O) groups excluding carboxylic acids is 2. The van der Waals surface area contributed by atoms with Crippen LogP contribution in [0.4, 0.5) is 37.7 Å². The first-order valence-electron chi connectivity index (χ1n) is 30.7. The fraction of sp³-hybridized carbons (Fsp3) is 0.362. The van der Waals surface area contributed by atoms with Gasteiger partial charge in [0.25, 0.3) is 11.8 Å². The number of hydrogen-bond acceptors (Lipinski definition) is 14. The summed E-state index contributed by atoms with van der Waals surface area (Å²) >= 11 is 0. The first kappa shape index (κ1) is 72.7. The second kappa shape index (κ2) is 32.1. The van der Waals surface area contributed by atoms with Crippen LogP contribution in [0.15, 0.2) is 188 Å². The molecule has 2 heterocycles. The molecule has 7 aromatic rings. The summed E-state index contributed by atoms with van der Waals surface area (Å²) in [6.45, 7) is 10.4. The molecule has 0 aromatic heterocycles. The third-order valence-electron chi connectivity index (χ3n) is 15.5. The van der Waals surface area contributed by atoms with E-state index in [0.29, 0.717) is 57.7 Å². The molecule has 0 spiro atoms. The predicted molar refractivity (Wildman–Crippen MR) is 348 cm³/mol. The van der Waals surface area contributed by atoms with E-state index in [1.54, 1.807) is 4.90 Å². The molecule has 95 heavy (non-hydrogen) atoms. The van der Waals surface area contributed by atoms with Crippen molar-refractivity contribution in [3.63, 3.8) is 0 Å². The summed E-state index contributed by atoms with van der Waals surface area (Å²) in [4.78, 5) is 39.4. The number of halogens is 6. The summed E-state index contributed by atoms with van der Waals surface area (Å²) in [5, 5.41) is 12.4. The molecule has 2 atom stereocenters. The van der Waals surface area contributed by atoms with Gasteiger partial charge in [-0.25, -0.2) is 31.8 Å². The Labute approximate surface area is 550 Å². The van der Waals surface area contributed by atoms with Gasteiger partial charge in [-0.15, -0.1) is 0 Å². The van der Waals surface area contributed by atoms with Crippen LogP contribution in [0.2, 0.25) is 0 Å². The number of morpholine rings is 2. The van der Waals surface area contributed by atoms with E-state index in [9.17, 15) is 53.2 Å². The number of benzene rings is 7. The van der Waals surface area contributed by atoms with Crippen molar-refractivity contribution in [1.29, 1.82) is 0 Å². The molecule has 510 valence electrons. The second-order valence-corrected chi connectivity index (χ2v) is 27.4. The summed E-state index contributed by atoms with van der Waals surface area (Å²) in [7, 11) is -7.82. The van der Waals surface area contributed by atoms with Crippen molar-refractivity contribution < 1.29 is 81.8 Å². The largest absolute Gasteiger partial charge is 0.457 e. The lowest BCUT2D eigenvalue weighted by atomic mass is 9.80. The summed E-state index contributed by atoms with van der Waals surface area (Å²) in [6, 6.07) is 47.7. The Morgan fingerprint density at radius 1 is 0.453 bits per heavy atom. The van der Waals surface area contributed by atoms with Crippen molar-refractivity contribution in [2.75, 3.05) is 99.9 Å². The highest BCUT2D eigenvalue weighted by Crippen LogP contribution is 2.42. The van der Waals surface area contributed by atoms with E-state index in [-0.39, 0.29) is 72.4 Å². The van der Waals surface area contributed by atoms with Gasteiger partial charge in [-0.1, -0.05) is 119 Å². The van der Waals surface area contributed by atoms with Gasteiger partial charge in [0.2, 0.25) is 20.0 Å². The van der Waals surface area contributed by atoms with Crippen LogP contribution in [0.1, 0.15) is 55.5 Å². The molecule has 0 unspecified atom stereocenters. The maximum absolute atomic E-state index is 15.3. The minimum atomic E-state index is -4.48. The van der Waals surface area contributed by atoms with E-state index < -0.39 is 73.0 Å². The SMILES string of the molecule is CC(C)CN(O)C(=O)[C@H](CN(c1ccc(Oc2ccc(C(F)(F)F)cc2)cc1)S(C)(=O)=O)N1CCOCC1.CC(C)CN(OC(c1ccccc1)(c1ccccc1)c1ccccc1)C(=O)[C@H](CN(c1ccc(Oc2ccc(C(F)(F)F)cc2)cc1)S(C)(=O)=O)N1CCOCC1. The van der Waals surface area contributed by atoms with Crippen LogP contribution in [-0.2, 0) is 61.9 Å². The molecule has 2 aliphatic heterocycles. The maximum Gasteiger partial charge on any atom is 0.416 e. The Hall–Kier alpha value is -8.08. The zero-order valence-corrected chi connectivity index (χ0v) is 55.0. The highest BCUT2D eigenvalue weighted by molar-refractivity contribution is 7.92. The van der Waals surface area contributed by atoms with Crippen molar-refractivity contribution in [2.24, 2.45) is 11.8 Å². The number of hydrogen-bond donors (Lipinski definition) is 1. The Bertz CT molecular complexity index is 3700. The number of nitrogens with zero attached hydrogens (tertiary/aromatic N) is 6. The first-order valence-corrected chi connectivity index (χ1v) is 34.4. The number of rotatable bonds is 25. The van der Waals surface area contributed by atoms with Gasteiger partial charge in [0.1, 0.15) is 35.1 Å². The normalized spacial score (nSPS) is 15.1. The van der Waals surface area contributed by atoms with Crippen LogP contribution < -0.4 is 18.1 Å². The topological polar surface area (TPSA) is 188 Å². The molecule has 2 amide bonds. The molecule has 18 nitrogen and oxygen atoms in total. The second-order valence-electron chi connectivity index (χ2n) is 23.6. The number of hydroxylamine groups is 4. The Morgan fingerprint density at radius 2 is 0.758 bits per heavy atom. The van der Waals surface area contributed by atoms with Crippen molar-refractivity contribution in [1.82, 2.24) is 19.9 Å². The van der Waals surface area contributed by atoms with E-state index in [1.165, 1.54) is 82.2 Å². The third kappa shape index (κ3) is 19.8. The average molecular weight is 1360 g/mol. The van der Waals surface area contributed by atoms with E-state index in [0.717, 1.165) is 57.8 Å². The molecular formula is C69H78F6N6O12S2. The number of anilines is 2. The number of ether oxygens (including phenoxy) is 4. The molecule has 7 aromatic carbocycles. The lowest BCUT2D eigenvalue weighted by Crippen LogP contribution is -2.58. The minimum Gasteiger partial charge on any atom is -0.457 e.